The predicted molar refractivity (Wildman–Crippen MR) is 84.3 cm³/mol. The van der Waals surface area contributed by atoms with Crippen molar-refractivity contribution in [3.63, 3.8) is 0 Å². The lowest BCUT2D eigenvalue weighted by Gasteiger charge is -2.29. The highest BCUT2D eigenvalue weighted by atomic mass is 32.2. The van der Waals surface area contributed by atoms with Crippen molar-refractivity contribution in [1.82, 2.24) is 14.2 Å². The summed E-state index contributed by atoms with van der Waals surface area (Å²) in [5.41, 5.74) is 0. The first-order chi connectivity index (χ1) is 10.5. The Kier molecular flexibility index (Phi) is 3.22. The summed E-state index contributed by atoms with van der Waals surface area (Å²) in [7, 11) is 0.205. The maximum atomic E-state index is 12.9. The summed E-state index contributed by atoms with van der Waals surface area (Å²) < 4.78 is 27.4. The number of aromatic nitrogens is 1. The number of sulfonamides is 1. The second kappa shape index (κ2) is 4.91. The van der Waals surface area contributed by atoms with Gasteiger partial charge in [-0.3, -0.25) is 4.90 Å². The van der Waals surface area contributed by atoms with E-state index in [1.54, 1.807) is 29.7 Å². The molecule has 7 heteroatoms. The van der Waals surface area contributed by atoms with Crippen LogP contribution < -0.4 is 4.90 Å². The van der Waals surface area contributed by atoms with Gasteiger partial charge in [-0.2, -0.15) is 4.31 Å². The average Bonchev–Trinajstić information content (AvgIpc) is 3.23. The van der Waals surface area contributed by atoms with Gasteiger partial charge in [0.05, 0.1) is 12.1 Å². The third-order valence-corrected chi connectivity index (χ3v) is 7.16. The van der Waals surface area contributed by atoms with Crippen molar-refractivity contribution in [2.45, 2.75) is 29.8 Å². The lowest BCUT2D eigenvalue weighted by molar-refractivity contribution is 0.295. The number of anilines is 1. The van der Waals surface area contributed by atoms with Crippen molar-refractivity contribution in [1.29, 1.82) is 0 Å². The summed E-state index contributed by atoms with van der Waals surface area (Å²) in [5.74, 6) is 1.40. The molecule has 1 saturated heterocycles. The van der Waals surface area contributed by atoms with Gasteiger partial charge >= 0.3 is 0 Å². The van der Waals surface area contributed by atoms with Crippen LogP contribution >= 0.6 is 0 Å². The molecule has 2 fully saturated rings. The maximum Gasteiger partial charge on any atom is 0.246 e. The van der Waals surface area contributed by atoms with E-state index < -0.39 is 10.0 Å². The molecule has 0 amide bonds. The topological polar surface area (TPSA) is 56.8 Å². The van der Waals surface area contributed by atoms with Crippen LogP contribution in [0.15, 0.2) is 23.2 Å². The molecule has 3 heterocycles. The van der Waals surface area contributed by atoms with Crippen molar-refractivity contribution in [3.05, 3.63) is 18.3 Å². The van der Waals surface area contributed by atoms with Crippen LogP contribution in [-0.2, 0) is 10.0 Å². The molecule has 0 aromatic carbocycles. The quantitative estimate of drug-likeness (QED) is 0.799. The van der Waals surface area contributed by atoms with E-state index in [2.05, 4.69) is 14.8 Å². The molecule has 3 aliphatic rings. The highest BCUT2D eigenvalue weighted by Gasteiger charge is 2.47. The molecule has 1 aliphatic carbocycles. The van der Waals surface area contributed by atoms with Crippen molar-refractivity contribution in [3.8, 4) is 0 Å². The van der Waals surface area contributed by atoms with Gasteiger partial charge in [0.1, 0.15) is 10.7 Å². The molecule has 0 spiro atoms. The van der Waals surface area contributed by atoms with Gasteiger partial charge in [0.25, 0.3) is 0 Å². The fraction of sp³-hybridized carbons (Fsp3) is 0.667. The maximum absolute atomic E-state index is 12.9. The summed E-state index contributed by atoms with van der Waals surface area (Å²) in [6, 6.07) is 3.50. The van der Waals surface area contributed by atoms with Gasteiger partial charge in [0, 0.05) is 39.9 Å². The van der Waals surface area contributed by atoms with E-state index in [-0.39, 0.29) is 12.1 Å². The number of hydrogen-bond donors (Lipinski definition) is 0. The SMILES string of the molecule is CN1c2ncccc2S(=O)(=O)N(C)[C@@H]2CN(CC3CC3)C[C@H]21. The number of likely N-dealkylation sites (tertiary alicyclic amines) is 1. The molecule has 120 valence electrons. The van der Waals surface area contributed by atoms with E-state index >= 15 is 0 Å². The largest absolute Gasteiger partial charge is 0.353 e. The van der Waals surface area contributed by atoms with E-state index in [0.717, 1.165) is 25.6 Å². The van der Waals surface area contributed by atoms with Crippen LogP contribution in [0.5, 0.6) is 0 Å². The summed E-state index contributed by atoms with van der Waals surface area (Å²) in [6.07, 6.45) is 4.31. The van der Waals surface area contributed by atoms with Crippen LogP contribution in [-0.4, -0.2) is 68.4 Å². The van der Waals surface area contributed by atoms with E-state index in [9.17, 15) is 8.42 Å². The zero-order valence-corrected chi connectivity index (χ0v) is 13.8. The van der Waals surface area contributed by atoms with Crippen LogP contribution in [0.3, 0.4) is 0 Å². The second-order valence-electron chi connectivity index (χ2n) is 6.75. The molecular weight excluding hydrogens is 300 g/mol. The summed E-state index contributed by atoms with van der Waals surface area (Å²) in [6.45, 7) is 2.83. The first kappa shape index (κ1) is 14.4. The number of pyridine rings is 1. The Balaban J connectivity index is 1.73. The van der Waals surface area contributed by atoms with Gasteiger partial charge < -0.3 is 4.90 Å². The number of rotatable bonds is 2. The molecule has 0 bridgehead atoms. The molecule has 4 rings (SSSR count). The van der Waals surface area contributed by atoms with Gasteiger partial charge in [0.15, 0.2) is 0 Å². The molecule has 6 nitrogen and oxygen atoms in total. The number of fused-ring (bicyclic) bond motifs is 2. The summed E-state index contributed by atoms with van der Waals surface area (Å²) in [5, 5.41) is 0. The van der Waals surface area contributed by atoms with Crippen molar-refractivity contribution in [2.24, 2.45) is 5.92 Å². The Labute approximate surface area is 131 Å². The van der Waals surface area contributed by atoms with E-state index in [4.69, 9.17) is 0 Å². The Hall–Kier alpha value is -1.18. The van der Waals surface area contributed by atoms with Crippen LogP contribution in [0.2, 0.25) is 0 Å². The molecule has 1 aromatic rings. The average molecular weight is 322 g/mol. The van der Waals surface area contributed by atoms with Gasteiger partial charge in [-0.15, -0.1) is 0 Å². The minimum Gasteiger partial charge on any atom is -0.353 e. The van der Waals surface area contributed by atoms with Gasteiger partial charge in [-0.1, -0.05) is 0 Å². The number of nitrogens with zero attached hydrogens (tertiary/aromatic N) is 4. The standard InChI is InChI=1S/C15H22N4O2S/c1-17-12-9-19(8-11-5-6-11)10-13(12)18(2)22(20,21)14-4-3-7-16-15(14)17/h3-4,7,11-13H,5-6,8-10H2,1-2H3/t12-,13-/m1/s1. The minimum absolute atomic E-state index is 0.0112. The van der Waals surface area contributed by atoms with Gasteiger partial charge in [0.2, 0.25) is 10.0 Å². The molecule has 22 heavy (non-hydrogen) atoms. The first-order valence-electron chi connectivity index (χ1n) is 7.86. The lowest BCUT2D eigenvalue weighted by atomic mass is 10.1. The molecule has 0 unspecified atom stereocenters. The van der Waals surface area contributed by atoms with Gasteiger partial charge in [-0.25, -0.2) is 13.4 Å². The highest BCUT2D eigenvalue weighted by molar-refractivity contribution is 7.89. The van der Waals surface area contributed by atoms with E-state index in [1.165, 1.54) is 12.8 Å². The molecule has 2 aliphatic heterocycles. The Morgan fingerprint density at radius 2 is 1.95 bits per heavy atom. The molecule has 2 atom stereocenters. The molecule has 1 saturated carbocycles. The van der Waals surface area contributed by atoms with Crippen molar-refractivity contribution < 1.29 is 8.42 Å². The Bertz CT molecular complexity index is 689. The molecule has 0 N–H and O–H groups in total. The smallest absolute Gasteiger partial charge is 0.246 e. The monoisotopic (exact) mass is 322 g/mol. The first-order valence-corrected chi connectivity index (χ1v) is 9.30. The van der Waals surface area contributed by atoms with Crippen LogP contribution in [0.4, 0.5) is 5.82 Å². The number of likely N-dealkylation sites (N-methyl/N-ethyl adjacent to an activating group) is 2. The minimum atomic E-state index is -3.48. The summed E-state index contributed by atoms with van der Waals surface area (Å²) >= 11 is 0. The number of hydrogen-bond acceptors (Lipinski definition) is 5. The Morgan fingerprint density at radius 3 is 2.68 bits per heavy atom. The third kappa shape index (κ3) is 2.14. The van der Waals surface area contributed by atoms with Crippen molar-refractivity contribution in [2.75, 3.05) is 38.6 Å². The fourth-order valence-electron chi connectivity index (χ4n) is 3.74. The zero-order chi connectivity index (χ0) is 15.5. The molecular formula is C15H22N4O2S. The highest BCUT2D eigenvalue weighted by Crippen LogP contribution is 2.37. The summed E-state index contributed by atoms with van der Waals surface area (Å²) in [4.78, 5) is 9.16. The fourth-order valence-corrected chi connectivity index (χ4v) is 5.29. The Morgan fingerprint density at radius 1 is 1.23 bits per heavy atom. The zero-order valence-electron chi connectivity index (χ0n) is 13.0. The van der Waals surface area contributed by atoms with Crippen LogP contribution in [0.1, 0.15) is 12.8 Å². The van der Waals surface area contributed by atoms with E-state index in [1.807, 2.05) is 7.05 Å². The van der Waals surface area contributed by atoms with Gasteiger partial charge in [-0.05, 0) is 30.9 Å². The third-order valence-electron chi connectivity index (χ3n) is 5.25. The normalized spacial score (nSPS) is 31.6. The second-order valence-corrected chi connectivity index (χ2v) is 8.72. The van der Waals surface area contributed by atoms with E-state index in [0.29, 0.717) is 10.7 Å². The molecule has 0 radical (unpaired) electrons. The molecule has 1 aromatic heterocycles. The van der Waals surface area contributed by atoms with Crippen LogP contribution in [0, 0.1) is 5.92 Å². The van der Waals surface area contributed by atoms with Crippen LogP contribution in [0.25, 0.3) is 0 Å². The van der Waals surface area contributed by atoms with Crippen molar-refractivity contribution >= 4 is 15.8 Å². The predicted octanol–water partition coefficient (Wildman–Crippen LogP) is 0.615. The lowest BCUT2D eigenvalue weighted by Crippen LogP contribution is -2.48.